The van der Waals surface area contributed by atoms with E-state index in [1.807, 2.05) is 5.06 Å². The summed E-state index contributed by atoms with van der Waals surface area (Å²) in [6.45, 7) is 4.94. The van der Waals surface area contributed by atoms with Gasteiger partial charge in [0.05, 0.1) is 19.7 Å². The zero-order valence-electron chi connectivity index (χ0n) is 12.1. The molecule has 3 nitrogen and oxygen atoms in total. The summed E-state index contributed by atoms with van der Waals surface area (Å²) in [6.07, 6.45) is 15.5. The molecule has 0 atom stereocenters. The lowest BCUT2D eigenvalue weighted by Crippen LogP contribution is -2.20. The Morgan fingerprint density at radius 2 is 1.56 bits per heavy atom. The molecule has 0 aromatic carbocycles. The van der Waals surface area contributed by atoms with Crippen LogP contribution in [0.1, 0.15) is 71.1 Å². The molecule has 0 bridgehead atoms. The Bertz CT molecular complexity index is 207. The molecule has 0 N–H and O–H groups in total. The van der Waals surface area contributed by atoms with Crippen LogP contribution in [0.2, 0.25) is 0 Å². The molecule has 0 saturated heterocycles. The van der Waals surface area contributed by atoms with Crippen molar-refractivity contribution in [2.45, 2.75) is 71.1 Å². The van der Waals surface area contributed by atoms with Crippen molar-refractivity contribution in [2.24, 2.45) is 4.99 Å². The van der Waals surface area contributed by atoms with Crippen molar-refractivity contribution in [1.29, 1.82) is 0 Å². The fourth-order valence-corrected chi connectivity index (χ4v) is 2.23. The van der Waals surface area contributed by atoms with Crippen LogP contribution in [0.5, 0.6) is 0 Å². The third-order valence-corrected chi connectivity index (χ3v) is 3.41. The highest BCUT2D eigenvalue weighted by atomic mass is 16.7. The van der Waals surface area contributed by atoms with Gasteiger partial charge in [0.15, 0.2) is 0 Å². The van der Waals surface area contributed by atoms with Gasteiger partial charge in [-0.15, -0.1) is 0 Å². The van der Waals surface area contributed by atoms with E-state index in [1.54, 1.807) is 6.34 Å². The summed E-state index contributed by atoms with van der Waals surface area (Å²) < 4.78 is 0. The number of rotatable bonds is 12. The summed E-state index contributed by atoms with van der Waals surface area (Å²) in [4.78, 5) is 9.67. The lowest BCUT2D eigenvalue weighted by atomic mass is 10.1. The Morgan fingerprint density at radius 1 is 0.944 bits per heavy atom. The van der Waals surface area contributed by atoms with Crippen LogP contribution in [0.15, 0.2) is 4.99 Å². The van der Waals surface area contributed by atoms with Gasteiger partial charge in [-0.2, -0.15) is 0 Å². The van der Waals surface area contributed by atoms with Gasteiger partial charge in [-0.1, -0.05) is 64.7 Å². The molecule has 0 unspecified atom stereocenters. The highest BCUT2D eigenvalue weighted by Gasteiger charge is 2.04. The molecule has 1 heterocycles. The fraction of sp³-hybridized carbons (Fsp3) is 0.933. The van der Waals surface area contributed by atoms with Crippen molar-refractivity contribution < 1.29 is 4.84 Å². The first kappa shape index (κ1) is 15.5. The van der Waals surface area contributed by atoms with Crippen LogP contribution >= 0.6 is 0 Å². The second-order valence-electron chi connectivity index (χ2n) is 5.18. The number of hydroxylamine groups is 2. The van der Waals surface area contributed by atoms with Crippen LogP contribution in [0.25, 0.3) is 0 Å². The first-order chi connectivity index (χ1) is 8.93. The van der Waals surface area contributed by atoms with E-state index in [2.05, 4.69) is 11.9 Å². The van der Waals surface area contributed by atoms with Crippen molar-refractivity contribution in [3.05, 3.63) is 0 Å². The van der Waals surface area contributed by atoms with Gasteiger partial charge in [0.2, 0.25) is 0 Å². The Labute approximate surface area is 113 Å². The minimum Gasteiger partial charge on any atom is -0.273 e. The van der Waals surface area contributed by atoms with E-state index >= 15 is 0 Å². The number of nitrogens with zero attached hydrogens (tertiary/aromatic N) is 2. The molecule has 1 aliphatic rings. The minimum absolute atomic E-state index is 0.850. The summed E-state index contributed by atoms with van der Waals surface area (Å²) in [5, 5.41) is 1.85. The van der Waals surface area contributed by atoms with Crippen molar-refractivity contribution in [3.63, 3.8) is 0 Å². The number of unbranched alkanes of at least 4 members (excludes halogenated alkanes) is 9. The maximum absolute atomic E-state index is 5.56. The molecule has 18 heavy (non-hydrogen) atoms. The first-order valence-electron chi connectivity index (χ1n) is 7.83. The van der Waals surface area contributed by atoms with Crippen LogP contribution < -0.4 is 0 Å². The molecule has 0 amide bonds. The van der Waals surface area contributed by atoms with Crippen LogP contribution in [-0.4, -0.2) is 31.1 Å². The van der Waals surface area contributed by atoms with Crippen molar-refractivity contribution >= 4 is 6.34 Å². The second-order valence-corrected chi connectivity index (χ2v) is 5.18. The summed E-state index contributed by atoms with van der Waals surface area (Å²) in [7, 11) is 0. The van der Waals surface area contributed by atoms with Crippen LogP contribution in [0.3, 0.4) is 0 Å². The molecule has 0 aromatic rings. The van der Waals surface area contributed by atoms with Gasteiger partial charge in [0.1, 0.15) is 6.34 Å². The highest BCUT2D eigenvalue weighted by Crippen LogP contribution is 2.10. The SMILES string of the molecule is CCCCCCCCCCCCON1C=NCC1. The van der Waals surface area contributed by atoms with Gasteiger partial charge >= 0.3 is 0 Å². The average Bonchev–Trinajstić information content (AvgIpc) is 2.89. The lowest BCUT2D eigenvalue weighted by molar-refractivity contribution is -0.0880. The standard InChI is InChI=1S/C15H30N2O/c1-2-3-4-5-6-7-8-9-10-11-14-18-17-13-12-16-15-17/h15H,2-14H2,1H3. The van der Waals surface area contributed by atoms with Gasteiger partial charge in [-0.05, 0) is 6.42 Å². The maximum Gasteiger partial charge on any atom is 0.110 e. The van der Waals surface area contributed by atoms with E-state index in [9.17, 15) is 0 Å². The van der Waals surface area contributed by atoms with Gasteiger partial charge in [-0.25, -0.2) is 5.06 Å². The normalized spacial score (nSPS) is 14.6. The Kier molecular flexibility index (Phi) is 9.91. The largest absolute Gasteiger partial charge is 0.273 e. The Balaban J connectivity index is 1.69. The molecule has 0 saturated carbocycles. The average molecular weight is 254 g/mol. The first-order valence-corrected chi connectivity index (χ1v) is 7.83. The maximum atomic E-state index is 5.56. The van der Waals surface area contributed by atoms with E-state index in [0.29, 0.717) is 0 Å². The number of hydrogen-bond donors (Lipinski definition) is 0. The topological polar surface area (TPSA) is 24.8 Å². The summed E-state index contributed by atoms with van der Waals surface area (Å²) in [6, 6.07) is 0. The Hall–Kier alpha value is -0.570. The third-order valence-electron chi connectivity index (χ3n) is 3.41. The predicted molar refractivity (Wildman–Crippen MR) is 77.9 cm³/mol. The minimum atomic E-state index is 0.850. The Morgan fingerprint density at radius 3 is 2.11 bits per heavy atom. The third kappa shape index (κ3) is 8.51. The molecule has 0 radical (unpaired) electrons. The van der Waals surface area contributed by atoms with Crippen molar-refractivity contribution in [1.82, 2.24) is 5.06 Å². The monoisotopic (exact) mass is 254 g/mol. The van der Waals surface area contributed by atoms with Gasteiger partial charge in [-0.3, -0.25) is 9.83 Å². The van der Waals surface area contributed by atoms with Gasteiger partial charge in [0, 0.05) is 0 Å². The summed E-state index contributed by atoms with van der Waals surface area (Å²) in [5.41, 5.74) is 0. The summed E-state index contributed by atoms with van der Waals surface area (Å²) >= 11 is 0. The van der Waals surface area contributed by atoms with Crippen LogP contribution in [-0.2, 0) is 4.84 Å². The van der Waals surface area contributed by atoms with E-state index in [1.165, 1.54) is 64.2 Å². The van der Waals surface area contributed by atoms with Gasteiger partial charge in [0.25, 0.3) is 0 Å². The van der Waals surface area contributed by atoms with Crippen molar-refractivity contribution in [3.8, 4) is 0 Å². The molecule has 0 spiro atoms. The molecule has 0 fully saturated rings. The smallest absolute Gasteiger partial charge is 0.110 e. The van der Waals surface area contributed by atoms with E-state index < -0.39 is 0 Å². The molecule has 106 valence electrons. The molecule has 1 rings (SSSR count). The zero-order valence-corrected chi connectivity index (χ0v) is 12.1. The predicted octanol–water partition coefficient (Wildman–Crippen LogP) is 4.18. The van der Waals surface area contributed by atoms with Crippen molar-refractivity contribution in [2.75, 3.05) is 19.7 Å². The molecule has 1 aliphatic heterocycles. The molecular formula is C15H30N2O. The molecular weight excluding hydrogens is 224 g/mol. The lowest BCUT2D eigenvalue weighted by Gasteiger charge is -2.12. The van der Waals surface area contributed by atoms with E-state index in [0.717, 1.165) is 19.7 Å². The van der Waals surface area contributed by atoms with Gasteiger partial charge < -0.3 is 0 Å². The quantitative estimate of drug-likeness (QED) is 0.488. The second kappa shape index (κ2) is 11.5. The molecule has 0 aromatic heterocycles. The van der Waals surface area contributed by atoms with Crippen LogP contribution in [0, 0.1) is 0 Å². The number of hydrogen-bond acceptors (Lipinski definition) is 3. The van der Waals surface area contributed by atoms with E-state index in [-0.39, 0.29) is 0 Å². The zero-order chi connectivity index (χ0) is 12.9. The van der Waals surface area contributed by atoms with E-state index in [4.69, 9.17) is 4.84 Å². The van der Waals surface area contributed by atoms with Crippen LogP contribution in [0.4, 0.5) is 0 Å². The summed E-state index contributed by atoms with van der Waals surface area (Å²) in [5.74, 6) is 0. The highest BCUT2D eigenvalue weighted by molar-refractivity contribution is 5.55. The fourth-order valence-electron chi connectivity index (χ4n) is 2.23. The molecule has 0 aliphatic carbocycles. The molecule has 3 heteroatoms. The number of aliphatic imine (C=N–C) groups is 1.